The molecule has 0 aromatic heterocycles. The van der Waals surface area contributed by atoms with Crippen LogP contribution in [0.5, 0.6) is 0 Å². The van der Waals surface area contributed by atoms with Gasteiger partial charge in [-0.3, -0.25) is 0 Å². The van der Waals surface area contributed by atoms with Crippen molar-refractivity contribution in [2.45, 2.75) is 64.8 Å². The molecule has 2 N–H and O–H groups in total. The molecule has 0 aliphatic heterocycles. The van der Waals surface area contributed by atoms with E-state index in [9.17, 15) is 0 Å². The van der Waals surface area contributed by atoms with Gasteiger partial charge in [-0.1, -0.05) is 39.5 Å². The summed E-state index contributed by atoms with van der Waals surface area (Å²) in [6.45, 7) is 5.97. The van der Waals surface area contributed by atoms with Crippen LogP contribution in [0, 0.1) is 11.8 Å². The molecule has 0 radical (unpaired) electrons. The standard InChI is InChI=1S/C14H29NO/c1-3-12(9-10-16)11-15-14-8-6-5-7-13(14)4-2/h12-16H,3-11H2,1-2H3. The zero-order chi connectivity index (χ0) is 11.8. The third kappa shape index (κ3) is 4.42. The average Bonchev–Trinajstić information content (AvgIpc) is 2.34. The highest BCUT2D eigenvalue weighted by Crippen LogP contribution is 2.27. The summed E-state index contributed by atoms with van der Waals surface area (Å²) in [6.07, 6.45) is 9.02. The minimum absolute atomic E-state index is 0.335. The van der Waals surface area contributed by atoms with Gasteiger partial charge in [0.15, 0.2) is 0 Å². The lowest BCUT2D eigenvalue weighted by atomic mass is 9.82. The molecule has 1 aliphatic rings. The Kier molecular flexibility index (Phi) is 7.06. The summed E-state index contributed by atoms with van der Waals surface area (Å²) in [5.74, 6) is 1.55. The molecule has 0 aromatic carbocycles. The van der Waals surface area contributed by atoms with Gasteiger partial charge in [0, 0.05) is 12.6 Å². The van der Waals surface area contributed by atoms with Crippen LogP contribution in [0.1, 0.15) is 58.8 Å². The number of nitrogens with one attached hydrogen (secondary N) is 1. The lowest BCUT2D eigenvalue weighted by Crippen LogP contribution is -2.40. The molecule has 1 fully saturated rings. The van der Waals surface area contributed by atoms with Crippen molar-refractivity contribution in [2.24, 2.45) is 11.8 Å². The fourth-order valence-corrected chi connectivity index (χ4v) is 2.92. The Morgan fingerprint density at radius 1 is 1.25 bits per heavy atom. The molecule has 2 heteroatoms. The van der Waals surface area contributed by atoms with E-state index >= 15 is 0 Å². The first-order valence-corrected chi connectivity index (χ1v) is 7.16. The molecule has 2 nitrogen and oxygen atoms in total. The first kappa shape index (κ1) is 14.0. The minimum Gasteiger partial charge on any atom is -0.396 e. The number of rotatable bonds is 7. The molecular weight excluding hydrogens is 198 g/mol. The molecule has 0 amide bonds. The van der Waals surface area contributed by atoms with E-state index in [0.29, 0.717) is 12.5 Å². The van der Waals surface area contributed by atoms with E-state index < -0.39 is 0 Å². The molecule has 0 spiro atoms. The predicted octanol–water partition coefficient (Wildman–Crippen LogP) is 2.95. The van der Waals surface area contributed by atoms with Crippen molar-refractivity contribution in [3.8, 4) is 0 Å². The molecule has 1 aliphatic carbocycles. The Bertz CT molecular complexity index is 172. The number of hydrogen-bond acceptors (Lipinski definition) is 2. The van der Waals surface area contributed by atoms with Crippen molar-refractivity contribution < 1.29 is 5.11 Å². The van der Waals surface area contributed by atoms with Crippen LogP contribution in [0.3, 0.4) is 0 Å². The number of hydrogen-bond donors (Lipinski definition) is 2. The van der Waals surface area contributed by atoms with Gasteiger partial charge >= 0.3 is 0 Å². The third-order valence-corrected chi connectivity index (χ3v) is 4.22. The molecule has 1 rings (SSSR count). The van der Waals surface area contributed by atoms with Crippen molar-refractivity contribution in [2.75, 3.05) is 13.2 Å². The summed E-state index contributed by atoms with van der Waals surface area (Å²) in [5.41, 5.74) is 0. The van der Waals surface area contributed by atoms with Crippen LogP contribution in [0.2, 0.25) is 0 Å². The summed E-state index contributed by atoms with van der Waals surface area (Å²) < 4.78 is 0. The second kappa shape index (κ2) is 8.08. The van der Waals surface area contributed by atoms with Crippen molar-refractivity contribution in [3.05, 3.63) is 0 Å². The SMILES string of the molecule is CCC(CCO)CNC1CCCCC1CC. The number of aliphatic hydroxyl groups is 1. The van der Waals surface area contributed by atoms with E-state index in [1.165, 1.54) is 38.5 Å². The summed E-state index contributed by atoms with van der Waals surface area (Å²) >= 11 is 0. The lowest BCUT2D eigenvalue weighted by Gasteiger charge is -2.32. The Morgan fingerprint density at radius 3 is 2.62 bits per heavy atom. The number of aliphatic hydroxyl groups excluding tert-OH is 1. The van der Waals surface area contributed by atoms with E-state index in [2.05, 4.69) is 19.2 Å². The van der Waals surface area contributed by atoms with Crippen LogP contribution in [0.4, 0.5) is 0 Å². The van der Waals surface area contributed by atoms with Crippen molar-refractivity contribution >= 4 is 0 Å². The minimum atomic E-state index is 0.335. The first-order chi connectivity index (χ1) is 7.81. The Morgan fingerprint density at radius 2 is 2.00 bits per heavy atom. The molecule has 1 saturated carbocycles. The lowest BCUT2D eigenvalue weighted by molar-refractivity contribution is 0.221. The summed E-state index contributed by atoms with van der Waals surface area (Å²) in [4.78, 5) is 0. The largest absolute Gasteiger partial charge is 0.396 e. The highest BCUT2D eigenvalue weighted by Gasteiger charge is 2.23. The summed E-state index contributed by atoms with van der Waals surface area (Å²) in [6, 6.07) is 0.742. The van der Waals surface area contributed by atoms with Crippen LogP contribution in [0.25, 0.3) is 0 Å². The van der Waals surface area contributed by atoms with Gasteiger partial charge in [0.25, 0.3) is 0 Å². The zero-order valence-corrected chi connectivity index (χ0v) is 11.0. The molecule has 96 valence electrons. The molecule has 3 atom stereocenters. The molecule has 0 saturated heterocycles. The highest BCUT2D eigenvalue weighted by atomic mass is 16.3. The van der Waals surface area contributed by atoms with E-state index in [-0.39, 0.29) is 0 Å². The van der Waals surface area contributed by atoms with E-state index in [1.807, 2.05) is 0 Å². The van der Waals surface area contributed by atoms with Crippen molar-refractivity contribution in [1.29, 1.82) is 0 Å². The van der Waals surface area contributed by atoms with Gasteiger partial charge in [0.05, 0.1) is 0 Å². The van der Waals surface area contributed by atoms with Crippen LogP contribution in [-0.4, -0.2) is 24.3 Å². The normalized spacial score (nSPS) is 27.9. The summed E-state index contributed by atoms with van der Waals surface area (Å²) in [5, 5.41) is 12.7. The predicted molar refractivity (Wildman–Crippen MR) is 69.5 cm³/mol. The van der Waals surface area contributed by atoms with Crippen LogP contribution in [0.15, 0.2) is 0 Å². The smallest absolute Gasteiger partial charge is 0.0434 e. The highest BCUT2D eigenvalue weighted by molar-refractivity contribution is 4.80. The molecule has 0 aromatic rings. The first-order valence-electron chi connectivity index (χ1n) is 7.16. The van der Waals surface area contributed by atoms with Crippen LogP contribution < -0.4 is 5.32 Å². The van der Waals surface area contributed by atoms with Crippen molar-refractivity contribution in [3.63, 3.8) is 0 Å². The van der Waals surface area contributed by atoms with Crippen LogP contribution >= 0.6 is 0 Å². The maximum absolute atomic E-state index is 8.98. The van der Waals surface area contributed by atoms with Gasteiger partial charge in [-0.05, 0) is 37.6 Å². The quantitative estimate of drug-likeness (QED) is 0.701. The fraction of sp³-hybridized carbons (Fsp3) is 1.00. The molecule has 0 bridgehead atoms. The monoisotopic (exact) mass is 227 g/mol. The fourth-order valence-electron chi connectivity index (χ4n) is 2.92. The van der Waals surface area contributed by atoms with Crippen molar-refractivity contribution in [1.82, 2.24) is 5.32 Å². The maximum Gasteiger partial charge on any atom is 0.0434 e. The van der Waals surface area contributed by atoms with Gasteiger partial charge in [0.1, 0.15) is 0 Å². The molecule has 0 heterocycles. The Labute approximate surface area is 101 Å². The third-order valence-electron chi connectivity index (χ3n) is 4.22. The van der Waals surface area contributed by atoms with Gasteiger partial charge in [-0.25, -0.2) is 0 Å². The second-order valence-electron chi connectivity index (χ2n) is 5.25. The zero-order valence-electron chi connectivity index (χ0n) is 11.0. The maximum atomic E-state index is 8.98. The van der Waals surface area contributed by atoms with Gasteiger partial charge in [0.2, 0.25) is 0 Å². The average molecular weight is 227 g/mol. The van der Waals surface area contributed by atoms with E-state index in [1.54, 1.807) is 0 Å². The van der Waals surface area contributed by atoms with E-state index in [0.717, 1.165) is 24.9 Å². The van der Waals surface area contributed by atoms with E-state index in [4.69, 9.17) is 5.11 Å². The Hall–Kier alpha value is -0.0800. The molecular formula is C14H29NO. The molecule has 16 heavy (non-hydrogen) atoms. The summed E-state index contributed by atoms with van der Waals surface area (Å²) in [7, 11) is 0. The van der Waals surface area contributed by atoms with Gasteiger partial charge < -0.3 is 10.4 Å². The Balaban J connectivity index is 2.28. The molecule has 3 unspecified atom stereocenters. The van der Waals surface area contributed by atoms with Gasteiger partial charge in [-0.15, -0.1) is 0 Å². The van der Waals surface area contributed by atoms with Crippen LogP contribution in [-0.2, 0) is 0 Å². The topological polar surface area (TPSA) is 32.3 Å². The second-order valence-corrected chi connectivity index (χ2v) is 5.25. The van der Waals surface area contributed by atoms with Gasteiger partial charge in [-0.2, -0.15) is 0 Å².